The molecule has 6 nitrogen and oxygen atoms in total. The molecule has 0 amide bonds. The van der Waals surface area contributed by atoms with Gasteiger partial charge in [0.15, 0.2) is 0 Å². The Morgan fingerprint density at radius 1 is 1.12 bits per heavy atom. The molecule has 0 saturated carbocycles. The highest BCUT2D eigenvalue weighted by atomic mass is 35.5. The Morgan fingerprint density at radius 2 is 1.73 bits per heavy atom. The predicted molar refractivity (Wildman–Crippen MR) is 110 cm³/mol. The SMILES string of the molecule is CN(CCc1ccccc1)CCC(N)(CCCCB(O)O)C(=O)O.Cl.Cl. The van der Waals surface area contributed by atoms with Crippen LogP contribution >= 0.6 is 24.8 Å². The number of aliphatic carboxylic acids is 1. The van der Waals surface area contributed by atoms with Crippen LogP contribution in [-0.2, 0) is 11.2 Å². The van der Waals surface area contributed by atoms with Crippen LogP contribution in [0.15, 0.2) is 30.3 Å². The Hall–Kier alpha value is -0.825. The minimum absolute atomic E-state index is 0. The van der Waals surface area contributed by atoms with E-state index in [4.69, 9.17) is 15.8 Å². The fourth-order valence-electron chi connectivity index (χ4n) is 2.57. The quantitative estimate of drug-likeness (QED) is 0.310. The zero-order chi connectivity index (χ0) is 18.0. The highest BCUT2D eigenvalue weighted by Crippen LogP contribution is 2.18. The van der Waals surface area contributed by atoms with Crippen molar-refractivity contribution >= 4 is 37.9 Å². The molecule has 0 spiro atoms. The maximum absolute atomic E-state index is 11.5. The average Bonchev–Trinajstić information content (AvgIpc) is 2.55. The summed E-state index contributed by atoms with van der Waals surface area (Å²) in [6.07, 6.45) is 2.97. The standard InChI is InChI=1S/C17H29BN2O4.2ClH/c1-20(13-9-15-7-3-2-4-8-15)14-11-17(19,16(21)22)10-5-6-12-18(23)24;;/h2-4,7-8,23-24H,5-6,9-14,19H2,1H3,(H,21,22);2*1H. The van der Waals surface area contributed by atoms with Crippen molar-refractivity contribution < 1.29 is 19.9 Å². The van der Waals surface area contributed by atoms with Crippen LogP contribution in [0.4, 0.5) is 0 Å². The summed E-state index contributed by atoms with van der Waals surface area (Å²) in [6.45, 7) is 1.45. The van der Waals surface area contributed by atoms with E-state index < -0.39 is 18.6 Å². The molecule has 1 unspecified atom stereocenters. The van der Waals surface area contributed by atoms with Crippen LogP contribution in [-0.4, -0.2) is 58.8 Å². The normalized spacial score (nSPS) is 12.7. The second-order valence-corrected chi connectivity index (χ2v) is 6.48. The Kier molecular flexibility index (Phi) is 15.0. The lowest BCUT2D eigenvalue weighted by Crippen LogP contribution is -2.50. The maximum Gasteiger partial charge on any atom is 0.451 e. The molecule has 1 aromatic rings. The van der Waals surface area contributed by atoms with Crippen molar-refractivity contribution in [3.63, 3.8) is 0 Å². The summed E-state index contributed by atoms with van der Waals surface area (Å²) in [5.41, 5.74) is 6.05. The van der Waals surface area contributed by atoms with Crippen LogP contribution in [0.5, 0.6) is 0 Å². The second kappa shape index (κ2) is 14.3. The van der Waals surface area contributed by atoms with Gasteiger partial charge in [0.05, 0.1) is 0 Å². The molecule has 0 aliphatic heterocycles. The van der Waals surface area contributed by atoms with Crippen molar-refractivity contribution in [1.82, 2.24) is 4.90 Å². The van der Waals surface area contributed by atoms with Gasteiger partial charge in [0.1, 0.15) is 5.54 Å². The van der Waals surface area contributed by atoms with E-state index in [1.165, 1.54) is 5.56 Å². The van der Waals surface area contributed by atoms with E-state index >= 15 is 0 Å². The van der Waals surface area contributed by atoms with Gasteiger partial charge < -0.3 is 25.8 Å². The molecule has 1 atom stereocenters. The molecular formula is C17H31BCl2N2O4. The number of carboxylic acids is 1. The fraction of sp³-hybridized carbons (Fsp3) is 0.588. The zero-order valence-corrected chi connectivity index (χ0v) is 16.8. The van der Waals surface area contributed by atoms with Gasteiger partial charge in [-0.3, -0.25) is 4.79 Å². The van der Waals surface area contributed by atoms with E-state index in [9.17, 15) is 9.90 Å². The number of nitrogens with two attached hydrogens (primary N) is 1. The number of hydrogen-bond donors (Lipinski definition) is 4. The molecule has 0 saturated heterocycles. The summed E-state index contributed by atoms with van der Waals surface area (Å²) in [7, 11) is 0.624. The van der Waals surface area contributed by atoms with Gasteiger partial charge in [-0.15, -0.1) is 24.8 Å². The molecule has 1 aromatic carbocycles. The minimum Gasteiger partial charge on any atom is -0.480 e. The van der Waals surface area contributed by atoms with Crippen molar-refractivity contribution in [3.8, 4) is 0 Å². The van der Waals surface area contributed by atoms with Gasteiger partial charge in [0.25, 0.3) is 0 Å². The monoisotopic (exact) mass is 408 g/mol. The Bertz CT molecular complexity index is 497. The van der Waals surface area contributed by atoms with Crippen molar-refractivity contribution in [3.05, 3.63) is 35.9 Å². The Morgan fingerprint density at radius 3 is 2.27 bits per heavy atom. The zero-order valence-electron chi connectivity index (χ0n) is 15.2. The molecule has 150 valence electrons. The molecule has 5 N–H and O–H groups in total. The van der Waals surface area contributed by atoms with Crippen LogP contribution in [0.2, 0.25) is 6.32 Å². The summed E-state index contributed by atoms with van der Waals surface area (Å²) in [5, 5.41) is 27.1. The van der Waals surface area contributed by atoms with E-state index in [0.717, 1.165) is 13.0 Å². The van der Waals surface area contributed by atoms with Crippen LogP contribution in [0, 0.1) is 0 Å². The molecule has 0 aromatic heterocycles. The van der Waals surface area contributed by atoms with E-state index in [1.54, 1.807) is 0 Å². The molecule has 0 bridgehead atoms. The number of carboxylic acid groups (broad SMARTS) is 1. The highest BCUT2D eigenvalue weighted by molar-refractivity contribution is 6.40. The third kappa shape index (κ3) is 11.0. The fourth-order valence-corrected chi connectivity index (χ4v) is 2.57. The Balaban J connectivity index is 0. The van der Waals surface area contributed by atoms with Gasteiger partial charge in [0, 0.05) is 13.1 Å². The number of likely N-dealkylation sites (N-methyl/N-ethyl adjacent to an activating group) is 1. The van der Waals surface area contributed by atoms with Crippen molar-refractivity contribution in [2.45, 2.75) is 44.0 Å². The lowest BCUT2D eigenvalue weighted by molar-refractivity contribution is -0.144. The first-order valence-electron chi connectivity index (χ1n) is 8.44. The average molecular weight is 409 g/mol. The molecule has 26 heavy (non-hydrogen) atoms. The van der Waals surface area contributed by atoms with E-state index in [2.05, 4.69) is 17.0 Å². The molecule has 0 fully saturated rings. The summed E-state index contributed by atoms with van der Waals surface area (Å²) in [5.74, 6) is -0.997. The summed E-state index contributed by atoms with van der Waals surface area (Å²) >= 11 is 0. The molecule has 0 heterocycles. The van der Waals surface area contributed by atoms with Gasteiger partial charge in [-0.25, -0.2) is 0 Å². The third-order valence-electron chi connectivity index (χ3n) is 4.33. The molecule has 1 rings (SSSR count). The van der Waals surface area contributed by atoms with Gasteiger partial charge in [-0.2, -0.15) is 0 Å². The largest absolute Gasteiger partial charge is 0.480 e. The van der Waals surface area contributed by atoms with Gasteiger partial charge in [0.2, 0.25) is 0 Å². The van der Waals surface area contributed by atoms with Crippen LogP contribution < -0.4 is 5.73 Å². The predicted octanol–water partition coefficient (Wildman–Crippen LogP) is 1.82. The van der Waals surface area contributed by atoms with Crippen molar-refractivity contribution in [2.75, 3.05) is 20.1 Å². The maximum atomic E-state index is 11.5. The summed E-state index contributed by atoms with van der Waals surface area (Å²) in [6, 6.07) is 10.2. The molecule has 0 aliphatic rings. The van der Waals surface area contributed by atoms with E-state index in [-0.39, 0.29) is 31.1 Å². The van der Waals surface area contributed by atoms with Crippen LogP contribution in [0.1, 0.15) is 31.2 Å². The lowest BCUT2D eigenvalue weighted by Gasteiger charge is -2.27. The minimum atomic E-state index is -1.34. The first-order chi connectivity index (χ1) is 11.3. The molecule has 0 radical (unpaired) electrons. The van der Waals surface area contributed by atoms with Gasteiger partial charge in [-0.1, -0.05) is 43.2 Å². The van der Waals surface area contributed by atoms with Gasteiger partial charge in [-0.05, 0) is 38.2 Å². The lowest BCUT2D eigenvalue weighted by atomic mass is 9.81. The number of hydrogen-bond acceptors (Lipinski definition) is 5. The number of halogens is 2. The van der Waals surface area contributed by atoms with Gasteiger partial charge >= 0.3 is 13.1 Å². The van der Waals surface area contributed by atoms with E-state index in [0.29, 0.717) is 32.2 Å². The topological polar surface area (TPSA) is 107 Å². The summed E-state index contributed by atoms with van der Waals surface area (Å²) < 4.78 is 0. The first kappa shape index (κ1) is 27.4. The number of nitrogens with zero attached hydrogens (tertiary/aromatic N) is 1. The molecule has 9 heteroatoms. The van der Waals surface area contributed by atoms with E-state index in [1.807, 2.05) is 25.2 Å². The number of carbonyl (C=O) groups is 1. The number of unbranched alkanes of at least 4 members (excludes halogenated alkanes) is 1. The van der Waals surface area contributed by atoms with Crippen LogP contribution in [0.25, 0.3) is 0 Å². The number of benzene rings is 1. The first-order valence-corrected chi connectivity index (χ1v) is 8.44. The third-order valence-corrected chi connectivity index (χ3v) is 4.33. The number of rotatable bonds is 12. The highest BCUT2D eigenvalue weighted by Gasteiger charge is 2.33. The summed E-state index contributed by atoms with van der Waals surface area (Å²) in [4.78, 5) is 13.6. The smallest absolute Gasteiger partial charge is 0.451 e. The van der Waals surface area contributed by atoms with Crippen LogP contribution in [0.3, 0.4) is 0 Å². The van der Waals surface area contributed by atoms with Crippen molar-refractivity contribution in [1.29, 1.82) is 0 Å². The van der Waals surface area contributed by atoms with Crippen molar-refractivity contribution in [2.24, 2.45) is 5.73 Å². The molecule has 0 aliphatic carbocycles. The Labute approximate surface area is 168 Å². The second-order valence-electron chi connectivity index (χ2n) is 6.48. The molecular weight excluding hydrogens is 378 g/mol.